The summed E-state index contributed by atoms with van der Waals surface area (Å²) in [6.45, 7) is 6.24. The highest BCUT2D eigenvalue weighted by molar-refractivity contribution is 5.47. The summed E-state index contributed by atoms with van der Waals surface area (Å²) in [7, 11) is 0. The summed E-state index contributed by atoms with van der Waals surface area (Å²) in [6.07, 6.45) is 0.738. The molecule has 0 N–H and O–H groups in total. The van der Waals surface area contributed by atoms with E-state index in [0.29, 0.717) is 5.92 Å². The molecule has 4 heteroatoms. The molecule has 1 aliphatic rings. The molecule has 1 atom stereocenters. The first-order valence-corrected chi connectivity index (χ1v) is 5.39. The first kappa shape index (κ1) is 10.9. The largest absolute Gasteiger partial charge is 0.487 e. The van der Waals surface area contributed by atoms with Crippen LogP contribution in [-0.4, -0.2) is 10.5 Å². The number of benzene rings is 1. The third kappa shape index (κ3) is 1.64. The Morgan fingerprint density at radius 1 is 1.50 bits per heavy atom. The van der Waals surface area contributed by atoms with E-state index >= 15 is 0 Å². The van der Waals surface area contributed by atoms with Crippen LogP contribution in [0.25, 0.3) is 0 Å². The minimum atomic E-state index is -0.370. The first-order valence-electron chi connectivity index (χ1n) is 5.39. The van der Waals surface area contributed by atoms with E-state index in [1.54, 1.807) is 12.1 Å². The molecular weight excluding hydrogens is 206 g/mol. The lowest BCUT2D eigenvalue weighted by Gasteiger charge is -2.28. The van der Waals surface area contributed by atoms with Gasteiger partial charge in [0.15, 0.2) is 0 Å². The molecule has 0 fully saturated rings. The van der Waals surface area contributed by atoms with Crippen molar-refractivity contribution in [1.82, 2.24) is 0 Å². The summed E-state index contributed by atoms with van der Waals surface area (Å²) in [5, 5.41) is 10.7. The molecule has 0 aromatic heterocycles. The number of ether oxygens (including phenoxy) is 1. The average Bonchev–Trinajstić information content (AvgIpc) is 2.54. The monoisotopic (exact) mass is 221 g/mol. The van der Waals surface area contributed by atoms with Gasteiger partial charge in [0.1, 0.15) is 11.4 Å². The molecule has 1 aromatic carbocycles. The SMILES string of the molecule is CC(C)C1(C)Cc2cc([N+](=O)[O-])ccc2O1. The summed E-state index contributed by atoms with van der Waals surface area (Å²) >= 11 is 0. The fourth-order valence-corrected chi connectivity index (χ4v) is 1.90. The number of fused-ring (bicyclic) bond motifs is 1. The van der Waals surface area contributed by atoms with Crippen LogP contribution in [0.15, 0.2) is 18.2 Å². The number of hydrogen-bond donors (Lipinski definition) is 0. The second-order valence-electron chi connectivity index (χ2n) is 4.80. The normalized spacial score (nSPS) is 23.0. The van der Waals surface area contributed by atoms with E-state index in [-0.39, 0.29) is 16.2 Å². The summed E-state index contributed by atoms with van der Waals surface area (Å²) in [5.41, 5.74) is 0.832. The van der Waals surface area contributed by atoms with Gasteiger partial charge in [0.25, 0.3) is 5.69 Å². The molecule has 0 aliphatic carbocycles. The molecule has 2 rings (SSSR count). The average molecular weight is 221 g/mol. The fourth-order valence-electron chi connectivity index (χ4n) is 1.90. The van der Waals surface area contributed by atoms with Crippen LogP contribution in [0.5, 0.6) is 5.75 Å². The molecule has 1 aliphatic heterocycles. The zero-order valence-electron chi connectivity index (χ0n) is 9.69. The van der Waals surface area contributed by atoms with Crippen LogP contribution in [-0.2, 0) is 6.42 Å². The zero-order chi connectivity index (χ0) is 11.9. The Morgan fingerprint density at radius 3 is 2.75 bits per heavy atom. The maximum Gasteiger partial charge on any atom is 0.269 e. The second-order valence-corrected chi connectivity index (χ2v) is 4.80. The van der Waals surface area contributed by atoms with Crippen molar-refractivity contribution in [3.63, 3.8) is 0 Å². The van der Waals surface area contributed by atoms with E-state index < -0.39 is 0 Å². The molecule has 1 unspecified atom stereocenters. The highest BCUT2D eigenvalue weighted by Crippen LogP contribution is 2.40. The van der Waals surface area contributed by atoms with Gasteiger partial charge in [-0.2, -0.15) is 0 Å². The van der Waals surface area contributed by atoms with Crippen LogP contribution in [0, 0.1) is 16.0 Å². The number of nitro benzene ring substituents is 1. The van der Waals surface area contributed by atoms with Gasteiger partial charge in [-0.05, 0) is 18.9 Å². The van der Waals surface area contributed by atoms with Crippen molar-refractivity contribution in [2.45, 2.75) is 32.8 Å². The molecule has 86 valence electrons. The Hall–Kier alpha value is -1.58. The van der Waals surface area contributed by atoms with E-state index in [2.05, 4.69) is 13.8 Å². The molecule has 0 radical (unpaired) electrons. The lowest BCUT2D eigenvalue weighted by atomic mass is 9.88. The van der Waals surface area contributed by atoms with E-state index in [4.69, 9.17) is 4.74 Å². The van der Waals surface area contributed by atoms with Crippen LogP contribution < -0.4 is 4.74 Å². The van der Waals surface area contributed by atoms with Gasteiger partial charge in [0, 0.05) is 24.1 Å². The van der Waals surface area contributed by atoms with Crippen LogP contribution in [0.1, 0.15) is 26.3 Å². The van der Waals surface area contributed by atoms with E-state index in [1.165, 1.54) is 6.07 Å². The Bertz CT molecular complexity index is 442. The van der Waals surface area contributed by atoms with E-state index in [0.717, 1.165) is 17.7 Å². The minimum Gasteiger partial charge on any atom is -0.487 e. The fraction of sp³-hybridized carbons (Fsp3) is 0.500. The molecule has 0 saturated heterocycles. The molecule has 16 heavy (non-hydrogen) atoms. The van der Waals surface area contributed by atoms with Crippen molar-refractivity contribution < 1.29 is 9.66 Å². The molecule has 1 aromatic rings. The number of non-ortho nitro benzene ring substituents is 1. The van der Waals surface area contributed by atoms with Crippen LogP contribution in [0.2, 0.25) is 0 Å². The van der Waals surface area contributed by atoms with E-state index in [1.807, 2.05) is 6.92 Å². The highest BCUT2D eigenvalue weighted by atomic mass is 16.6. The summed E-state index contributed by atoms with van der Waals surface area (Å²) in [5.74, 6) is 1.15. The van der Waals surface area contributed by atoms with Gasteiger partial charge in [-0.1, -0.05) is 13.8 Å². The molecule has 0 bridgehead atoms. The number of rotatable bonds is 2. The predicted molar refractivity (Wildman–Crippen MR) is 60.7 cm³/mol. The van der Waals surface area contributed by atoms with Gasteiger partial charge in [0.05, 0.1) is 4.92 Å². The smallest absolute Gasteiger partial charge is 0.269 e. The highest BCUT2D eigenvalue weighted by Gasteiger charge is 2.38. The number of nitrogens with zero attached hydrogens (tertiary/aromatic N) is 1. The van der Waals surface area contributed by atoms with Gasteiger partial charge < -0.3 is 4.74 Å². The maximum atomic E-state index is 10.7. The van der Waals surface area contributed by atoms with Crippen LogP contribution in [0.4, 0.5) is 5.69 Å². The topological polar surface area (TPSA) is 52.4 Å². The van der Waals surface area contributed by atoms with Crippen molar-refractivity contribution in [2.75, 3.05) is 0 Å². The summed E-state index contributed by atoms with van der Waals surface area (Å²) in [4.78, 5) is 10.3. The first-order chi connectivity index (χ1) is 7.42. The van der Waals surface area contributed by atoms with Crippen molar-refractivity contribution in [2.24, 2.45) is 5.92 Å². The Labute approximate surface area is 94.4 Å². The summed E-state index contributed by atoms with van der Waals surface area (Å²) < 4.78 is 5.87. The maximum absolute atomic E-state index is 10.7. The zero-order valence-corrected chi connectivity index (χ0v) is 9.69. The summed E-state index contributed by atoms with van der Waals surface area (Å²) in [6, 6.07) is 4.80. The lowest BCUT2D eigenvalue weighted by Crippen LogP contribution is -2.36. The van der Waals surface area contributed by atoms with Crippen molar-refractivity contribution in [1.29, 1.82) is 0 Å². The van der Waals surface area contributed by atoms with Crippen molar-refractivity contribution in [3.8, 4) is 5.75 Å². The van der Waals surface area contributed by atoms with Gasteiger partial charge in [0.2, 0.25) is 0 Å². The lowest BCUT2D eigenvalue weighted by molar-refractivity contribution is -0.384. The molecular formula is C12H15NO3. The standard InChI is InChI=1S/C12H15NO3/c1-8(2)12(3)7-9-6-10(13(14)15)4-5-11(9)16-12/h4-6,8H,7H2,1-3H3. The molecule has 0 spiro atoms. The van der Waals surface area contributed by atoms with Crippen LogP contribution >= 0.6 is 0 Å². The van der Waals surface area contributed by atoms with Gasteiger partial charge in [-0.15, -0.1) is 0 Å². The third-order valence-corrected chi connectivity index (χ3v) is 3.36. The van der Waals surface area contributed by atoms with Gasteiger partial charge in [-0.25, -0.2) is 0 Å². The second kappa shape index (κ2) is 3.47. The minimum absolute atomic E-state index is 0.135. The molecule has 0 amide bonds. The quantitative estimate of drug-likeness (QED) is 0.570. The Kier molecular flexibility index (Phi) is 2.37. The number of nitro groups is 1. The molecule has 4 nitrogen and oxygen atoms in total. The van der Waals surface area contributed by atoms with E-state index in [9.17, 15) is 10.1 Å². The Balaban J connectivity index is 2.35. The third-order valence-electron chi connectivity index (χ3n) is 3.36. The Morgan fingerprint density at radius 2 is 2.19 bits per heavy atom. The predicted octanol–water partition coefficient (Wildman–Crippen LogP) is 2.94. The van der Waals surface area contributed by atoms with Crippen molar-refractivity contribution >= 4 is 5.69 Å². The van der Waals surface area contributed by atoms with Gasteiger partial charge >= 0.3 is 0 Å². The van der Waals surface area contributed by atoms with Gasteiger partial charge in [-0.3, -0.25) is 10.1 Å². The molecule has 0 saturated carbocycles. The molecule has 1 heterocycles. The van der Waals surface area contributed by atoms with Crippen molar-refractivity contribution in [3.05, 3.63) is 33.9 Å². The van der Waals surface area contributed by atoms with Crippen LogP contribution in [0.3, 0.4) is 0 Å². The number of hydrogen-bond acceptors (Lipinski definition) is 3.